The highest BCUT2D eigenvalue weighted by molar-refractivity contribution is 7.99. The molecule has 3 N–H and O–H groups in total. The average molecular weight is 394 g/mol. The van der Waals surface area contributed by atoms with E-state index in [4.69, 9.17) is 5.14 Å². The van der Waals surface area contributed by atoms with Crippen LogP contribution in [0.5, 0.6) is 0 Å². The number of hydrogen-bond acceptors (Lipinski definition) is 5. The number of sulfonamides is 2. The Kier molecular flexibility index (Phi) is 5.18. The van der Waals surface area contributed by atoms with Crippen molar-refractivity contribution in [3.05, 3.63) is 48.0 Å². The van der Waals surface area contributed by atoms with Crippen LogP contribution < -0.4 is 9.86 Å². The van der Waals surface area contributed by atoms with Crippen LogP contribution in [0.25, 0.3) is 0 Å². The third kappa shape index (κ3) is 4.90. The summed E-state index contributed by atoms with van der Waals surface area (Å²) in [6, 6.07) is 6.27. The molecule has 6 nitrogen and oxygen atoms in total. The molecule has 2 rings (SSSR count). The number of hydrogen-bond donors (Lipinski definition) is 2. The summed E-state index contributed by atoms with van der Waals surface area (Å²) < 4.78 is 74.7. The van der Waals surface area contributed by atoms with Crippen LogP contribution in [-0.4, -0.2) is 23.1 Å². The van der Waals surface area contributed by atoms with Crippen molar-refractivity contribution in [3.63, 3.8) is 0 Å². The summed E-state index contributed by atoms with van der Waals surface area (Å²) >= 11 is 0.732. The van der Waals surface area contributed by atoms with Crippen LogP contribution >= 0.6 is 11.8 Å². The van der Waals surface area contributed by atoms with Gasteiger partial charge >= 0.3 is 0 Å². The van der Waals surface area contributed by atoms with Crippen LogP contribution in [0.2, 0.25) is 0 Å². The second kappa shape index (κ2) is 6.67. The van der Waals surface area contributed by atoms with Crippen molar-refractivity contribution < 1.29 is 25.6 Å². The minimum absolute atomic E-state index is 0.0143. The van der Waals surface area contributed by atoms with Crippen molar-refractivity contribution in [1.82, 2.24) is 0 Å². The van der Waals surface area contributed by atoms with Gasteiger partial charge in [-0.1, -0.05) is 11.8 Å². The van der Waals surface area contributed by atoms with Gasteiger partial charge in [0, 0.05) is 15.9 Å². The third-order valence-electron chi connectivity index (χ3n) is 2.69. The molecule has 0 fully saturated rings. The molecule has 0 saturated carbocycles. The fourth-order valence-electron chi connectivity index (χ4n) is 1.72. The number of rotatable bonds is 5. The van der Waals surface area contributed by atoms with Gasteiger partial charge in [-0.3, -0.25) is 4.72 Å². The fourth-order valence-corrected chi connectivity index (χ4v) is 3.93. The largest absolute Gasteiger partial charge is 0.283 e. The van der Waals surface area contributed by atoms with E-state index in [1.807, 2.05) is 0 Å². The van der Waals surface area contributed by atoms with Crippen LogP contribution in [0.4, 0.5) is 14.5 Å². The van der Waals surface area contributed by atoms with E-state index in [0.717, 1.165) is 42.3 Å². The number of anilines is 1. The first-order valence-electron chi connectivity index (χ1n) is 6.23. The van der Waals surface area contributed by atoms with Crippen LogP contribution in [0.15, 0.2) is 51.1 Å². The fraction of sp³-hybridized carbons (Fsp3) is 0.0769. The molecule has 0 saturated heterocycles. The monoisotopic (exact) mass is 394 g/mol. The van der Waals surface area contributed by atoms with E-state index in [1.165, 1.54) is 6.07 Å². The molecule has 0 spiro atoms. The van der Waals surface area contributed by atoms with E-state index < -0.39 is 31.7 Å². The van der Waals surface area contributed by atoms with Gasteiger partial charge in [-0.15, -0.1) is 0 Å². The van der Waals surface area contributed by atoms with Crippen molar-refractivity contribution >= 4 is 37.5 Å². The van der Waals surface area contributed by atoms with Crippen LogP contribution in [-0.2, 0) is 20.0 Å². The maximum atomic E-state index is 13.8. The first kappa shape index (κ1) is 18.6. The Hall–Kier alpha value is -1.69. The summed E-state index contributed by atoms with van der Waals surface area (Å²) in [6.07, 6.45) is 0.910. The summed E-state index contributed by atoms with van der Waals surface area (Å²) in [5, 5.41) is 5.05. The quantitative estimate of drug-likeness (QED) is 0.808. The Morgan fingerprint density at radius 1 is 1.00 bits per heavy atom. The number of nitrogens with one attached hydrogen (secondary N) is 1. The molecule has 0 bridgehead atoms. The maximum Gasteiger partial charge on any atom is 0.238 e. The van der Waals surface area contributed by atoms with E-state index in [1.54, 1.807) is 0 Å². The van der Waals surface area contributed by atoms with Gasteiger partial charge in [0.1, 0.15) is 11.6 Å². The SMILES string of the molecule is CS(=O)(=O)Nc1ccc(S(N)(=O)=O)cc1Sc1ccc(F)cc1F. The lowest BCUT2D eigenvalue weighted by atomic mass is 10.3. The Labute approximate surface area is 142 Å². The standard InChI is InChI=1S/C13H12F2N2O4S3/c1-23(18,19)17-11-4-3-9(24(16,20)21)7-13(11)22-12-5-2-8(14)6-10(12)15/h2-7,17H,1H3,(H2,16,20,21). The Bertz CT molecular complexity index is 992. The normalized spacial score (nSPS) is 12.2. The number of nitrogens with two attached hydrogens (primary N) is 1. The topological polar surface area (TPSA) is 106 Å². The average Bonchev–Trinajstić information content (AvgIpc) is 2.40. The smallest absolute Gasteiger partial charge is 0.238 e. The zero-order valence-corrected chi connectivity index (χ0v) is 14.6. The third-order valence-corrected chi connectivity index (χ3v) is 5.30. The molecule has 0 aliphatic heterocycles. The lowest BCUT2D eigenvalue weighted by Gasteiger charge is -2.12. The minimum Gasteiger partial charge on any atom is -0.283 e. The lowest BCUT2D eigenvalue weighted by molar-refractivity contribution is 0.565. The highest BCUT2D eigenvalue weighted by Gasteiger charge is 2.16. The first-order valence-corrected chi connectivity index (χ1v) is 10.5. The molecule has 24 heavy (non-hydrogen) atoms. The molecule has 0 amide bonds. The van der Waals surface area contributed by atoms with Crippen molar-refractivity contribution in [2.75, 3.05) is 11.0 Å². The molecule has 0 aliphatic carbocycles. The number of benzene rings is 2. The van der Waals surface area contributed by atoms with E-state index in [0.29, 0.717) is 6.07 Å². The molecule has 0 aromatic heterocycles. The minimum atomic E-state index is -4.04. The van der Waals surface area contributed by atoms with E-state index in [-0.39, 0.29) is 20.4 Å². The van der Waals surface area contributed by atoms with Gasteiger partial charge in [0.2, 0.25) is 20.0 Å². The van der Waals surface area contributed by atoms with Gasteiger partial charge in [-0.2, -0.15) is 0 Å². The Morgan fingerprint density at radius 2 is 1.67 bits per heavy atom. The molecule has 0 unspecified atom stereocenters. The van der Waals surface area contributed by atoms with Crippen LogP contribution in [0, 0.1) is 11.6 Å². The van der Waals surface area contributed by atoms with Crippen LogP contribution in [0.3, 0.4) is 0 Å². The van der Waals surface area contributed by atoms with Crippen molar-refractivity contribution in [3.8, 4) is 0 Å². The summed E-state index contributed by atoms with van der Waals surface area (Å²) in [7, 11) is -7.69. The molecule has 2 aromatic rings. The molecule has 2 aromatic carbocycles. The molecule has 130 valence electrons. The first-order chi connectivity index (χ1) is 11.0. The molecule has 0 heterocycles. The van der Waals surface area contributed by atoms with Gasteiger partial charge in [0.15, 0.2) is 0 Å². The van der Waals surface area contributed by atoms with Crippen molar-refractivity contribution in [2.45, 2.75) is 14.7 Å². The molecule has 0 aliphatic rings. The molecular weight excluding hydrogens is 382 g/mol. The van der Waals surface area contributed by atoms with Gasteiger partial charge in [0.05, 0.1) is 16.8 Å². The predicted octanol–water partition coefficient (Wildman–Crippen LogP) is 2.13. The zero-order valence-electron chi connectivity index (χ0n) is 12.2. The van der Waals surface area contributed by atoms with Gasteiger partial charge in [0.25, 0.3) is 0 Å². The summed E-state index contributed by atoms with van der Waals surface area (Å²) in [6.45, 7) is 0. The van der Waals surface area contributed by atoms with Gasteiger partial charge in [-0.05, 0) is 30.3 Å². The van der Waals surface area contributed by atoms with Crippen molar-refractivity contribution in [2.24, 2.45) is 5.14 Å². The molecule has 0 atom stereocenters. The zero-order chi connectivity index (χ0) is 18.1. The van der Waals surface area contributed by atoms with E-state index in [2.05, 4.69) is 4.72 Å². The second-order valence-electron chi connectivity index (χ2n) is 4.75. The van der Waals surface area contributed by atoms with Gasteiger partial charge in [-0.25, -0.2) is 30.8 Å². The molecule has 11 heteroatoms. The van der Waals surface area contributed by atoms with Gasteiger partial charge < -0.3 is 0 Å². The summed E-state index contributed by atoms with van der Waals surface area (Å²) in [5.41, 5.74) is 0.0404. The lowest BCUT2D eigenvalue weighted by Crippen LogP contribution is -2.14. The Balaban J connectivity index is 2.54. The van der Waals surface area contributed by atoms with Crippen molar-refractivity contribution in [1.29, 1.82) is 0 Å². The summed E-state index contributed by atoms with van der Waals surface area (Å²) in [5.74, 6) is -1.64. The number of halogens is 2. The van der Waals surface area contributed by atoms with E-state index >= 15 is 0 Å². The highest BCUT2D eigenvalue weighted by Crippen LogP contribution is 2.36. The second-order valence-corrected chi connectivity index (χ2v) is 9.15. The predicted molar refractivity (Wildman–Crippen MR) is 86.8 cm³/mol. The highest BCUT2D eigenvalue weighted by atomic mass is 32.2. The maximum absolute atomic E-state index is 13.8. The number of primary sulfonamides is 1. The Morgan fingerprint density at radius 3 is 2.21 bits per heavy atom. The van der Waals surface area contributed by atoms with Crippen LogP contribution in [0.1, 0.15) is 0 Å². The molecular formula is C13H12F2N2O4S3. The molecule has 0 radical (unpaired) electrons. The summed E-state index contributed by atoms with van der Waals surface area (Å²) in [4.78, 5) is -0.191. The van der Waals surface area contributed by atoms with E-state index in [9.17, 15) is 25.6 Å².